The lowest BCUT2D eigenvalue weighted by Gasteiger charge is -2.30. The summed E-state index contributed by atoms with van der Waals surface area (Å²) in [7, 11) is 0. The fourth-order valence-electron chi connectivity index (χ4n) is 3.42. The van der Waals surface area contributed by atoms with E-state index >= 15 is 0 Å². The van der Waals surface area contributed by atoms with Gasteiger partial charge in [0.2, 0.25) is 0 Å². The SMILES string of the molecule is NC1(CO)CCCC1CCSC1CCCCC1. The third-order valence-corrected chi connectivity index (χ3v) is 6.09. The monoisotopic (exact) mass is 257 g/mol. The van der Waals surface area contributed by atoms with Gasteiger partial charge in [0.05, 0.1) is 6.61 Å². The van der Waals surface area contributed by atoms with E-state index < -0.39 is 0 Å². The van der Waals surface area contributed by atoms with Crippen LogP contribution in [0, 0.1) is 5.92 Å². The summed E-state index contributed by atoms with van der Waals surface area (Å²) in [6.07, 6.45) is 11.8. The molecule has 2 atom stereocenters. The molecule has 2 unspecified atom stereocenters. The van der Waals surface area contributed by atoms with Crippen LogP contribution in [-0.4, -0.2) is 28.3 Å². The lowest BCUT2D eigenvalue weighted by Crippen LogP contribution is -2.47. The number of hydrogen-bond acceptors (Lipinski definition) is 3. The average Bonchev–Trinajstić information content (AvgIpc) is 2.73. The molecule has 0 aromatic heterocycles. The van der Waals surface area contributed by atoms with E-state index in [-0.39, 0.29) is 12.1 Å². The molecule has 0 bridgehead atoms. The minimum absolute atomic E-state index is 0.172. The lowest BCUT2D eigenvalue weighted by molar-refractivity contribution is 0.158. The van der Waals surface area contributed by atoms with E-state index in [1.54, 1.807) is 0 Å². The molecule has 0 amide bonds. The number of aliphatic hydroxyl groups excluding tert-OH is 1. The van der Waals surface area contributed by atoms with Gasteiger partial charge in [0.1, 0.15) is 0 Å². The molecule has 0 saturated heterocycles. The number of nitrogens with two attached hydrogens (primary N) is 1. The zero-order chi connectivity index (χ0) is 12.1. The first-order valence-electron chi connectivity index (χ1n) is 7.26. The highest BCUT2D eigenvalue weighted by Gasteiger charge is 2.38. The predicted octanol–water partition coefficient (Wildman–Crippen LogP) is 2.93. The zero-order valence-corrected chi connectivity index (χ0v) is 11.7. The summed E-state index contributed by atoms with van der Waals surface area (Å²) in [5, 5.41) is 10.3. The van der Waals surface area contributed by atoms with E-state index in [4.69, 9.17) is 5.73 Å². The fourth-order valence-corrected chi connectivity index (χ4v) is 4.84. The molecular formula is C14H27NOS. The van der Waals surface area contributed by atoms with Gasteiger partial charge in [-0.15, -0.1) is 0 Å². The van der Waals surface area contributed by atoms with Crippen molar-refractivity contribution in [2.24, 2.45) is 11.7 Å². The predicted molar refractivity (Wildman–Crippen MR) is 75.3 cm³/mol. The molecule has 2 fully saturated rings. The highest BCUT2D eigenvalue weighted by Crippen LogP contribution is 2.37. The van der Waals surface area contributed by atoms with Crippen molar-refractivity contribution in [2.75, 3.05) is 12.4 Å². The van der Waals surface area contributed by atoms with Crippen molar-refractivity contribution in [3.05, 3.63) is 0 Å². The highest BCUT2D eigenvalue weighted by atomic mass is 32.2. The second-order valence-corrected chi connectivity index (χ2v) is 7.31. The van der Waals surface area contributed by atoms with Crippen molar-refractivity contribution >= 4 is 11.8 Å². The summed E-state index contributed by atoms with van der Waals surface area (Å²) in [5.41, 5.74) is 6.01. The Morgan fingerprint density at radius 2 is 1.88 bits per heavy atom. The van der Waals surface area contributed by atoms with E-state index in [1.165, 1.54) is 57.1 Å². The zero-order valence-electron chi connectivity index (χ0n) is 10.9. The molecular weight excluding hydrogens is 230 g/mol. The lowest BCUT2D eigenvalue weighted by atomic mass is 9.87. The Morgan fingerprint density at radius 3 is 2.59 bits per heavy atom. The van der Waals surface area contributed by atoms with Crippen molar-refractivity contribution < 1.29 is 5.11 Å². The van der Waals surface area contributed by atoms with Crippen molar-refractivity contribution in [3.8, 4) is 0 Å². The van der Waals surface area contributed by atoms with Crippen LogP contribution in [-0.2, 0) is 0 Å². The molecule has 0 aromatic carbocycles. The standard InChI is InChI=1S/C14H27NOS/c15-14(11-16)9-4-5-12(14)8-10-17-13-6-2-1-3-7-13/h12-13,16H,1-11,15H2. The minimum Gasteiger partial charge on any atom is -0.394 e. The van der Waals surface area contributed by atoms with Gasteiger partial charge in [-0.3, -0.25) is 0 Å². The van der Waals surface area contributed by atoms with E-state index in [0.717, 1.165) is 11.7 Å². The molecule has 0 aliphatic heterocycles. The summed E-state index contributed by atoms with van der Waals surface area (Å²) in [4.78, 5) is 0. The van der Waals surface area contributed by atoms with Crippen molar-refractivity contribution in [1.29, 1.82) is 0 Å². The third-order valence-electron chi connectivity index (χ3n) is 4.67. The Morgan fingerprint density at radius 1 is 1.12 bits per heavy atom. The minimum atomic E-state index is -0.257. The van der Waals surface area contributed by atoms with Crippen LogP contribution in [0.15, 0.2) is 0 Å². The Labute approximate surface area is 110 Å². The average molecular weight is 257 g/mol. The molecule has 2 aliphatic rings. The fraction of sp³-hybridized carbons (Fsp3) is 1.00. The molecule has 17 heavy (non-hydrogen) atoms. The summed E-state index contributed by atoms with van der Waals surface area (Å²) in [5.74, 6) is 1.80. The number of aliphatic hydroxyl groups is 1. The largest absolute Gasteiger partial charge is 0.394 e. The van der Waals surface area contributed by atoms with E-state index in [9.17, 15) is 5.11 Å². The number of rotatable bonds is 5. The smallest absolute Gasteiger partial charge is 0.0613 e. The maximum Gasteiger partial charge on any atom is 0.0613 e. The maximum absolute atomic E-state index is 9.41. The topological polar surface area (TPSA) is 46.2 Å². The first kappa shape index (κ1) is 13.7. The van der Waals surface area contributed by atoms with Gasteiger partial charge >= 0.3 is 0 Å². The van der Waals surface area contributed by atoms with Crippen LogP contribution in [0.2, 0.25) is 0 Å². The molecule has 2 nitrogen and oxygen atoms in total. The van der Waals surface area contributed by atoms with Crippen LogP contribution in [0.5, 0.6) is 0 Å². The summed E-state index contributed by atoms with van der Waals surface area (Å²) < 4.78 is 0. The summed E-state index contributed by atoms with van der Waals surface area (Å²) in [6.45, 7) is 0.172. The van der Waals surface area contributed by atoms with Crippen molar-refractivity contribution in [2.45, 2.75) is 68.6 Å². The van der Waals surface area contributed by atoms with Crippen LogP contribution in [0.25, 0.3) is 0 Å². The van der Waals surface area contributed by atoms with Gasteiger partial charge in [-0.2, -0.15) is 11.8 Å². The number of thioether (sulfide) groups is 1. The van der Waals surface area contributed by atoms with Gasteiger partial charge in [0.25, 0.3) is 0 Å². The van der Waals surface area contributed by atoms with Gasteiger partial charge in [-0.05, 0) is 43.8 Å². The van der Waals surface area contributed by atoms with E-state index in [2.05, 4.69) is 11.8 Å². The Kier molecular flexibility index (Phi) is 5.19. The normalized spacial score (nSPS) is 35.3. The Bertz CT molecular complexity index is 230. The molecule has 0 heterocycles. The second-order valence-electron chi connectivity index (χ2n) is 5.90. The van der Waals surface area contributed by atoms with Crippen LogP contribution in [0.1, 0.15) is 57.8 Å². The van der Waals surface area contributed by atoms with Gasteiger partial charge in [0, 0.05) is 10.8 Å². The first-order chi connectivity index (χ1) is 8.24. The quantitative estimate of drug-likeness (QED) is 0.796. The Balaban J connectivity index is 1.67. The van der Waals surface area contributed by atoms with Crippen LogP contribution in [0.3, 0.4) is 0 Å². The third kappa shape index (κ3) is 3.62. The van der Waals surface area contributed by atoms with E-state index in [0.29, 0.717) is 5.92 Å². The molecule has 2 rings (SSSR count). The second kappa shape index (κ2) is 6.44. The molecule has 0 aromatic rings. The van der Waals surface area contributed by atoms with Gasteiger partial charge < -0.3 is 10.8 Å². The molecule has 3 N–H and O–H groups in total. The maximum atomic E-state index is 9.41. The molecule has 0 radical (unpaired) electrons. The molecule has 2 saturated carbocycles. The first-order valence-corrected chi connectivity index (χ1v) is 8.31. The van der Waals surface area contributed by atoms with Gasteiger partial charge in [-0.25, -0.2) is 0 Å². The molecule has 2 aliphatic carbocycles. The Hall–Kier alpha value is 0.270. The van der Waals surface area contributed by atoms with Gasteiger partial charge in [-0.1, -0.05) is 25.7 Å². The number of hydrogen-bond donors (Lipinski definition) is 2. The van der Waals surface area contributed by atoms with Crippen LogP contribution >= 0.6 is 11.8 Å². The molecule has 3 heteroatoms. The summed E-state index contributed by atoms with van der Waals surface area (Å²) >= 11 is 2.16. The van der Waals surface area contributed by atoms with Crippen molar-refractivity contribution in [1.82, 2.24) is 0 Å². The van der Waals surface area contributed by atoms with E-state index in [1.807, 2.05) is 0 Å². The summed E-state index contributed by atoms with van der Waals surface area (Å²) in [6, 6.07) is 0. The van der Waals surface area contributed by atoms with Gasteiger partial charge in [0.15, 0.2) is 0 Å². The molecule has 0 spiro atoms. The van der Waals surface area contributed by atoms with Crippen molar-refractivity contribution in [3.63, 3.8) is 0 Å². The van der Waals surface area contributed by atoms with Crippen LogP contribution in [0.4, 0.5) is 0 Å². The highest BCUT2D eigenvalue weighted by molar-refractivity contribution is 7.99. The molecule has 100 valence electrons. The van der Waals surface area contributed by atoms with Crippen LogP contribution < -0.4 is 5.73 Å².